The Kier molecular flexibility index (Phi) is 29.0. The summed E-state index contributed by atoms with van der Waals surface area (Å²) in [6.45, 7) is 8.70. The summed E-state index contributed by atoms with van der Waals surface area (Å²) in [5.74, 6) is 0.999. The normalized spacial score (nSPS) is 12.5. The highest BCUT2D eigenvalue weighted by Gasteiger charge is 2.08. The maximum atomic E-state index is 4.08. The summed E-state index contributed by atoms with van der Waals surface area (Å²) in [4.78, 5) is 0. The molecule has 0 spiro atoms. The predicted molar refractivity (Wildman–Crippen MR) is 149 cm³/mol. The van der Waals surface area contributed by atoms with Crippen molar-refractivity contribution < 1.29 is 0 Å². The minimum atomic E-state index is 0.999. The molecular formula is C32H65. The van der Waals surface area contributed by atoms with Crippen molar-refractivity contribution in [3.8, 4) is 0 Å². The maximum Gasteiger partial charge on any atom is -0.0414 e. The van der Waals surface area contributed by atoms with Crippen LogP contribution >= 0.6 is 0 Å². The molecule has 0 aliphatic rings. The molecule has 1 unspecified atom stereocenters. The predicted octanol–water partition coefficient (Wildman–Crippen LogP) is 12.4. The van der Waals surface area contributed by atoms with Crippen LogP contribution in [-0.4, -0.2) is 0 Å². The summed E-state index contributed by atoms with van der Waals surface area (Å²) in [6, 6.07) is 0. The molecule has 0 aromatic rings. The van der Waals surface area contributed by atoms with Crippen LogP contribution in [0.15, 0.2) is 0 Å². The molecule has 0 aliphatic heterocycles. The molecule has 0 bridgehead atoms. The summed E-state index contributed by atoms with van der Waals surface area (Å²) in [7, 11) is 0. The molecule has 0 aromatic carbocycles. The number of hydrogen-bond donors (Lipinski definition) is 0. The van der Waals surface area contributed by atoms with Gasteiger partial charge in [-0.1, -0.05) is 201 Å². The zero-order chi connectivity index (χ0) is 23.4. The van der Waals surface area contributed by atoms with E-state index in [2.05, 4.69) is 20.8 Å². The average Bonchev–Trinajstić information content (AvgIpc) is 2.81. The van der Waals surface area contributed by atoms with E-state index in [1.165, 1.54) is 173 Å². The number of rotatable bonds is 28. The lowest BCUT2D eigenvalue weighted by molar-refractivity contribution is 0.372. The summed E-state index contributed by atoms with van der Waals surface area (Å²) in [5.41, 5.74) is 0. The van der Waals surface area contributed by atoms with Crippen LogP contribution in [0.4, 0.5) is 0 Å². The number of hydrogen-bond acceptors (Lipinski definition) is 0. The van der Waals surface area contributed by atoms with Crippen LogP contribution in [0.5, 0.6) is 0 Å². The quantitative estimate of drug-likeness (QED) is 0.104. The number of unbranched alkanes of at least 4 members (excludes halogenated alkanes) is 22. The highest BCUT2D eigenvalue weighted by molar-refractivity contribution is 4.62. The minimum Gasteiger partial charge on any atom is -0.0654 e. The fraction of sp³-hybridized carbons (Fsp3) is 0.969. The summed E-state index contributed by atoms with van der Waals surface area (Å²) in [6.07, 6.45) is 40.6. The Morgan fingerprint density at radius 2 is 0.594 bits per heavy atom. The monoisotopic (exact) mass is 450 g/mol. The van der Waals surface area contributed by atoms with Crippen LogP contribution in [-0.2, 0) is 0 Å². The van der Waals surface area contributed by atoms with Gasteiger partial charge in [0.25, 0.3) is 0 Å². The average molecular weight is 450 g/mol. The van der Waals surface area contributed by atoms with E-state index in [1.807, 2.05) is 0 Å². The standard InChI is InChI=1S/C32H65/c1-4-7-10-12-14-16-17-18-19-20-21-22-24-26-28-31-32(29-9-6-3)30-27-25-23-15-13-11-8-5-2/h32H,3-31H2,1-2H3. The van der Waals surface area contributed by atoms with Crippen molar-refractivity contribution >= 4 is 0 Å². The van der Waals surface area contributed by atoms with Crippen molar-refractivity contribution in [2.45, 2.75) is 194 Å². The van der Waals surface area contributed by atoms with Gasteiger partial charge in [-0.2, -0.15) is 0 Å². The van der Waals surface area contributed by atoms with Gasteiger partial charge in [0.15, 0.2) is 0 Å². The molecule has 0 fully saturated rings. The molecule has 1 radical (unpaired) electrons. The molecule has 0 aliphatic carbocycles. The van der Waals surface area contributed by atoms with Crippen LogP contribution in [0, 0.1) is 12.8 Å². The van der Waals surface area contributed by atoms with Gasteiger partial charge in [-0.05, 0) is 5.92 Å². The third-order valence-corrected chi connectivity index (χ3v) is 7.54. The first-order valence-corrected chi connectivity index (χ1v) is 15.6. The van der Waals surface area contributed by atoms with Gasteiger partial charge in [0.2, 0.25) is 0 Å². The molecule has 0 nitrogen and oxygen atoms in total. The van der Waals surface area contributed by atoms with Gasteiger partial charge in [0.1, 0.15) is 0 Å². The van der Waals surface area contributed by atoms with Crippen LogP contribution in [0.2, 0.25) is 0 Å². The first-order valence-electron chi connectivity index (χ1n) is 15.6. The SMILES string of the molecule is [CH2]CCCC(CCCCCCCCCC)CCCCCCCCCCCCCCCCC. The van der Waals surface area contributed by atoms with Crippen molar-refractivity contribution in [3.05, 3.63) is 6.92 Å². The van der Waals surface area contributed by atoms with Crippen molar-refractivity contribution in [2.24, 2.45) is 5.92 Å². The van der Waals surface area contributed by atoms with E-state index >= 15 is 0 Å². The second-order valence-corrected chi connectivity index (χ2v) is 10.9. The minimum absolute atomic E-state index is 0.999. The van der Waals surface area contributed by atoms with E-state index in [9.17, 15) is 0 Å². The lowest BCUT2D eigenvalue weighted by atomic mass is 9.90. The van der Waals surface area contributed by atoms with E-state index in [0.29, 0.717) is 0 Å². The van der Waals surface area contributed by atoms with Gasteiger partial charge in [0.05, 0.1) is 0 Å². The highest BCUT2D eigenvalue weighted by atomic mass is 14.1. The Labute approximate surface area is 206 Å². The zero-order valence-electron chi connectivity index (χ0n) is 23.1. The molecule has 0 amide bonds. The van der Waals surface area contributed by atoms with Crippen molar-refractivity contribution in [1.82, 2.24) is 0 Å². The van der Waals surface area contributed by atoms with E-state index in [0.717, 1.165) is 12.3 Å². The van der Waals surface area contributed by atoms with Gasteiger partial charge < -0.3 is 0 Å². The first kappa shape index (κ1) is 32.0. The van der Waals surface area contributed by atoms with Crippen molar-refractivity contribution in [1.29, 1.82) is 0 Å². The topological polar surface area (TPSA) is 0 Å². The van der Waals surface area contributed by atoms with E-state index in [4.69, 9.17) is 0 Å². The Morgan fingerprint density at radius 3 is 0.875 bits per heavy atom. The lowest BCUT2D eigenvalue weighted by Gasteiger charge is -2.16. The van der Waals surface area contributed by atoms with E-state index in [-0.39, 0.29) is 0 Å². The van der Waals surface area contributed by atoms with Gasteiger partial charge in [-0.25, -0.2) is 0 Å². The van der Waals surface area contributed by atoms with Gasteiger partial charge in [-0.3, -0.25) is 0 Å². The molecular weight excluding hydrogens is 384 g/mol. The third-order valence-electron chi connectivity index (χ3n) is 7.54. The lowest BCUT2D eigenvalue weighted by Crippen LogP contribution is -2.01. The van der Waals surface area contributed by atoms with E-state index in [1.54, 1.807) is 0 Å². The Balaban J connectivity index is 3.45. The van der Waals surface area contributed by atoms with Gasteiger partial charge in [-0.15, -0.1) is 0 Å². The zero-order valence-corrected chi connectivity index (χ0v) is 23.1. The Hall–Kier alpha value is 0. The van der Waals surface area contributed by atoms with Crippen LogP contribution in [0.3, 0.4) is 0 Å². The first-order chi connectivity index (χ1) is 15.8. The Bertz CT molecular complexity index is 307. The fourth-order valence-electron chi connectivity index (χ4n) is 5.24. The van der Waals surface area contributed by atoms with Gasteiger partial charge in [0, 0.05) is 0 Å². The largest absolute Gasteiger partial charge is 0.0654 e. The molecule has 193 valence electrons. The van der Waals surface area contributed by atoms with Gasteiger partial charge >= 0.3 is 0 Å². The molecule has 32 heavy (non-hydrogen) atoms. The molecule has 0 heterocycles. The fourth-order valence-corrected chi connectivity index (χ4v) is 5.24. The molecule has 0 saturated carbocycles. The third kappa shape index (κ3) is 26.3. The van der Waals surface area contributed by atoms with Crippen LogP contribution in [0.1, 0.15) is 194 Å². The molecule has 0 rings (SSSR count). The van der Waals surface area contributed by atoms with E-state index < -0.39 is 0 Å². The molecule has 0 aromatic heterocycles. The molecule has 0 heteroatoms. The second kappa shape index (κ2) is 29.0. The summed E-state index contributed by atoms with van der Waals surface area (Å²) < 4.78 is 0. The van der Waals surface area contributed by atoms with Crippen LogP contribution in [0.25, 0.3) is 0 Å². The Morgan fingerprint density at radius 1 is 0.344 bits per heavy atom. The molecule has 0 saturated heterocycles. The highest BCUT2D eigenvalue weighted by Crippen LogP contribution is 2.24. The molecule has 1 atom stereocenters. The summed E-state index contributed by atoms with van der Waals surface area (Å²) in [5, 5.41) is 0. The maximum absolute atomic E-state index is 4.08. The summed E-state index contributed by atoms with van der Waals surface area (Å²) >= 11 is 0. The smallest absolute Gasteiger partial charge is 0.0414 e. The molecule has 0 N–H and O–H groups in total. The second-order valence-electron chi connectivity index (χ2n) is 10.9. The van der Waals surface area contributed by atoms with Crippen molar-refractivity contribution in [3.63, 3.8) is 0 Å². The van der Waals surface area contributed by atoms with Crippen molar-refractivity contribution in [2.75, 3.05) is 0 Å². The van der Waals surface area contributed by atoms with Crippen LogP contribution < -0.4 is 0 Å².